The summed E-state index contributed by atoms with van der Waals surface area (Å²) < 4.78 is 16.3. The zero-order valence-electron chi connectivity index (χ0n) is 16.1. The van der Waals surface area contributed by atoms with Crippen LogP contribution in [0.15, 0.2) is 60.1 Å². The number of nitrogens with one attached hydrogen (secondary N) is 2. The maximum atomic E-state index is 5.69. The second kappa shape index (κ2) is 10.8. The van der Waals surface area contributed by atoms with Gasteiger partial charge in [-0.05, 0) is 25.1 Å². The molecular formula is C21H27N3O3. The minimum absolute atomic E-state index is 0.463. The number of benzene rings is 2. The first kappa shape index (κ1) is 20.2. The van der Waals surface area contributed by atoms with E-state index in [4.69, 9.17) is 14.2 Å². The van der Waals surface area contributed by atoms with Crippen LogP contribution in [0.4, 0.5) is 5.69 Å². The van der Waals surface area contributed by atoms with Crippen molar-refractivity contribution in [2.24, 2.45) is 4.99 Å². The van der Waals surface area contributed by atoms with Gasteiger partial charge >= 0.3 is 0 Å². The molecule has 2 rings (SSSR count). The average molecular weight is 369 g/mol. The van der Waals surface area contributed by atoms with E-state index in [1.54, 1.807) is 20.3 Å². The Morgan fingerprint density at radius 3 is 2.56 bits per heavy atom. The van der Waals surface area contributed by atoms with Gasteiger partial charge in [0, 0.05) is 23.9 Å². The molecule has 27 heavy (non-hydrogen) atoms. The van der Waals surface area contributed by atoms with E-state index in [2.05, 4.69) is 22.2 Å². The molecule has 0 bridgehead atoms. The number of aliphatic imine (C=N–C) groups is 1. The highest BCUT2D eigenvalue weighted by molar-refractivity contribution is 5.93. The van der Waals surface area contributed by atoms with Crippen LogP contribution in [0.1, 0.15) is 12.5 Å². The Hall–Kier alpha value is -3.15. The molecule has 2 N–H and O–H groups in total. The molecule has 0 fully saturated rings. The lowest BCUT2D eigenvalue weighted by molar-refractivity contribution is 0.355. The first-order chi connectivity index (χ1) is 13.2. The van der Waals surface area contributed by atoms with Crippen molar-refractivity contribution in [2.45, 2.75) is 13.5 Å². The summed E-state index contributed by atoms with van der Waals surface area (Å²) in [7, 11) is 3.23. The Kier molecular flexibility index (Phi) is 8.03. The average Bonchev–Trinajstić information content (AvgIpc) is 2.71. The van der Waals surface area contributed by atoms with Crippen molar-refractivity contribution < 1.29 is 14.2 Å². The Bertz CT molecular complexity index is 775. The summed E-state index contributed by atoms with van der Waals surface area (Å²) in [4.78, 5) is 4.66. The first-order valence-electron chi connectivity index (χ1n) is 8.80. The van der Waals surface area contributed by atoms with E-state index >= 15 is 0 Å². The van der Waals surface area contributed by atoms with Crippen LogP contribution in [0.5, 0.6) is 17.2 Å². The highest BCUT2D eigenvalue weighted by Crippen LogP contribution is 2.29. The van der Waals surface area contributed by atoms with Crippen molar-refractivity contribution in [3.8, 4) is 17.2 Å². The van der Waals surface area contributed by atoms with Crippen LogP contribution in [-0.4, -0.2) is 33.3 Å². The number of rotatable bonds is 9. The van der Waals surface area contributed by atoms with E-state index in [9.17, 15) is 0 Å². The summed E-state index contributed by atoms with van der Waals surface area (Å²) in [6.07, 6.45) is 1.72. The molecule has 2 aromatic carbocycles. The Labute approximate surface area is 160 Å². The Morgan fingerprint density at radius 2 is 1.85 bits per heavy atom. The van der Waals surface area contributed by atoms with Gasteiger partial charge in [-0.2, -0.15) is 0 Å². The summed E-state index contributed by atoms with van der Waals surface area (Å²) in [6, 6.07) is 13.5. The van der Waals surface area contributed by atoms with Gasteiger partial charge in [0.05, 0.1) is 20.8 Å². The minimum atomic E-state index is 0.463. The van der Waals surface area contributed by atoms with E-state index in [1.807, 2.05) is 49.4 Å². The molecule has 0 aliphatic rings. The lowest BCUT2D eigenvalue weighted by Gasteiger charge is -2.14. The van der Waals surface area contributed by atoms with Crippen LogP contribution >= 0.6 is 0 Å². The van der Waals surface area contributed by atoms with Crippen molar-refractivity contribution >= 4 is 11.6 Å². The second-order valence-electron chi connectivity index (χ2n) is 5.60. The van der Waals surface area contributed by atoms with E-state index in [1.165, 1.54) is 0 Å². The molecule has 0 radical (unpaired) electrons. The van der Waals surface area contributed by atoms with Crippen molar-refractivity contribution in [3.05, 3.63) is 60.7 Å². The Balaban J connectivity index is 2.16. The maximum absolute atomic E-state index is 5.69. The van der Waals surface area contributed by atoms with Gasteiger partial charge in [-0.15, -0.1) is 0 Å². The van der Waals surface area contributed by atoms with Crippen molar-refractivity contribution in [1.29, 1.82) is 0 Å². The number of anilines is 1. The third-order valence-electron chi connectivity index (χ3n) is 3.73. The highest BCUT2D eigenvalue weighted by Gasteiger charge is 2.07. The van der Waals surface area contributed by atoms with Crippen LogP contribution in [0.25, 0.3) is 0 Å². The second-order valence-corrected chi connectivity index (χ2v) is 5.60. The lowest BCUT2D eigenvalue weighted by Crippen LogP contribution is -2.30. The Morgan fingerprint density at radius 1 is 1.07 bits per heavy atom. The number of nitrogens with zero attached hydrogens (tertiary/aromatic N) is 1. The zero-order valence-corrected chi connectivity index (χ0v) is 16.1. The van der Waals surface area contributed by atoms with Gasteiger partial charge in [-0.3, -0.25) is 0 Å². The standard InChI is InChI=1S/C21H27N3O3/c1-5-13-27-18-10-8-7-9-16(18)15-23-21(22-6-2)24-17-11-12-19(25-3)20(14-17)26-4/h5,7-12,14H,1,6,13,15H2,2-4H3,(H2,22,23,24). The number of hydrogen-bond acceptors (Lipinski definition) is 4. The fraction of sp³-hybridized carbons (Fsp3) is 0.286. The monoisotopic (exact) mass is 369 g/mol. The van der Waals surface area contributed by atoms with E-state index < -0.39 is 0 Å². The minimum Gasteiger partial charge on any atom is -0.493 e. The summed E-state index contributed by atoms with van der Waals surface area (Å²) in [5.74, 6) is 2.81. The quantitative estimate of drug-likeness (QED) is 0.399. The van der Waals surface area contributed by atoms with Gasteiger partial charge in [-0.1, -0.05) is 30.9 Å². The molecule has 6 nitrogen and oxygen atoms in total. The van der Waals surface area contributed by atoms with Crippen LogP contribution in [0, 0.1) is 0 Å². The summed E-state index contributed by atoms with van der Waals surface area (Å²) in [5, 5.41) is 6.53. The number of hydrogen-bond donors (Lipinski definition) is 2. The van der Waals surface area contributed by atoms with Crippen LogP contribution < -0.4 is 24.8 Å². The molecule has 0 amide bonds. The number of para-hydroxylation sites is 1. The third kappa shape index (κ3) is 5.95. The van der Waals surface area contributed by atoms with E-state index in [0.717, 1.165) is 23.5 Å². The van der Waals surface area contributed by atoms with Gasteiger partial charge < -0.3 is 24.8 Å². The van der Waals surface area contributed by atoms with E-state index in [0.29, 0.717) is 30.6 Å². The van der Waals surface area contributed by atoms with Gasteiger partial charge in [-0.25, -0.2) is 4.99 Å². The molecule has 144 valence electrons. The van der Waals surface area contributed by atoms with Crippen LogP contribution in [-0.2, 0) is 6.54 Å². The highest BCUT2D eigenvalue weighted by atomic mass is 16.5. The summed E-state index contributed by atoms with van der Waals surface area (Å²) >= 11 is 0. The molecule has 0 saturated carbocycles. The van der Waals surface area contributed by atoms with Gasteiger partial charge in [0.2, 0.25) is 0 Å². The first-order valence-corrected chi connectivity index (χ1v) is 8.80. The van der Waals surface area contributed by atoms with Gasteiger partial charge in [0.25, 0.3) is 0 Å². The predicted octanol–water partition coefficient (Wildman–Crippen LogP) is 3.85. The fourth-order valence-electron chi connectivity index (χ4n) is 2.45. The largest absolute Gasteiger partial charge is 0.493 e. The van der Waals surface area contributed by atoms with E-state index in [-0.39, 0.29) is 0 Å². The number of ether oxygens (including phenoxy) is 3. The molecule has 0 aromatic heterocycles. The van der Waals surface area contributed by atoms with Crippen LogP contribution in [0.3, 0.4) is 0 Å². The van der Waals surface area contributed by atoms with Crippen molar-refractivity contribution in [1.82, 2.24) is 5.32 Å². The molecule has 0 heterocycles. The lowest BCUT2D eigenvalue weighted by atomic mass is 10.2. The molecule has 0 spiro atoms. The zero-order chi connectivity index (χ0) is 19.5. The molecule has 0 aliphatic heterocycles. The number of guanidine groups is 1. The van der Waals surface area contributed by atoms with Crippen molar-refractivity contribution in [2.75, 3.05) is 32.7 Å². The summed E-state index contributed by atoms with van der Waals surface area (Å²) in [5.41, 5.74) is 1.85. The fourth-order valence-corrected chi connectivity index (χ4v) is 2.45. The summed E-state index contributed by atoms with van der Waals surface area (Å²) in [6.45, 7) is 7.40. The van der Waals surface area contributed by atoms with Gasteiger partial charge in [0.1, 0.15) is 12.4 Å². The molecule has 6 heteroatoms. The molecule has 0 unspecified atom stereocenters. The SMILES string of the molecule is C=CCOc1ccccc1CN=C(NCC)Nc1ccc(OC)c(OC)c1. The van der Waals surface area contributed by atoms with Gasteiger partial charge in [0.15, 0.2) is 17.5 Å². The molecule has 2 aromatic rings. The predicted molar refractivity (Wildman–Crippen MR) is 110 cm³/mol. The number of methoxy groups -OCH3 is 2. The smallest absolute Gasteiger partial charge is 0.196 e. The van der Waals surface area contributed by atoms with Crippen LogP contribution in [0.2, 0.25) is 0 Å². The van der Waals surface area contributed by atoms with Crippen molar-refractivity contribution in [3.63, 3.8) is 0 Å². The molecule has 0 atom stereocenters. The molecular weight excluding hydrogens is 342 g/mol. The topological polar surface area (TPSA) is 64.1 Å². The maximum Gasteiger partial charge on any atom is 0.196 e. The third-order valence-corrected chi connectivity index (χ3v) is 3.73. The molecule has 0 saturated heterocycles. The molecule has 0 aliphatic carbocycles. The normalized spacial score (nSPS) is 10.9.